The summed E-state index contributed by atoms with van der Waals surface area (Å²) >= 11 is 11.7. The lowest BCUT2D eigenvalue weighted by atomic mass is 10.1. The first-order valence-electron chi connectivity index (χ1n) is 6.69. The molecule has 0 radical (unpaired) electrons. The molecule has 5 heteroatoms. The van der Waals surface area contributed by atoms with Crippen LogP contribution in [0.2, 0.25) is 5.02 Å². The molecule has 1 fully saturated rings. The Bertz CT molecular complexity index is 617. The van der Waals surface area contributed by atoms with E-state index in [1.165, 1.54) is 17.7 Å². The van der Waals surface area contributed by atoms with Gasteiger partial charge in [0.25, 0.3) is 0 Å². The number of benzene rings is 1. The summed E-state index contributed by atoms with van der Waals surface area (Å²) in [5.74, 6) is 0. The normalized spacial score (nSPS) is 16.4. The highest BCUT2D eigenvalue weighted by atomic mass is 79.9. The molecule has 0 spiro atoms. The van der Waals surface area contributed by atoms with Crippen molar-refractivity contribution in [1.82, 2.24) is 10.3 Å². The fraction of sp³-hybridized carbons (Fsp3) is 0.400. The number of hydrogen-bond donors (Lipinski definition) is 1. The summed E-state index contributed by atoms with van der Waals surface area (Å²) in [4.78, 5) is 5.99. The molecule has 1 N–H and O–H groups in total. The van der Waals surface area contributed by atoms with E-state index < -0.39 is 0 Å². The second-order valence-electron chi connectivity index (χ2n) is 5.23. The summed E-state index contributed by atoms with van der Waals surface area (Å²) in [7, 11) is 0. The lowest BCUT2D eigenvalue weighted by Gasteiger charge is -2.18. The number of halogens is 2. The van der Waals surface area contributed by atoms with E-state index in [4.69, 9.17) is 16.6 Å². The van der Waals surface area contributed by atoms with Crippen molar-refractivity contribution in [2.24, 2.45) is 0 Å². The summed E-state index contributed by atoms with van der Waals surface area (Å²) in [5.41, 5.74) is 2.21. The number of aromatic nitrogens is 1. The van der Waals surface area contributed by atoms with Crippen LogP contribution in [0.4, 0.5) is 0 Å². The molecule has 1 atom stereocenters. The van der Waals surface area contributed by atoms with Crippen molar-refractivity contribution < 1.29 is 0 Å². The zero-order valence-electron chi connectivity index (χ0n) is 11.4. The van der Waals surface area contributed by atoms with Crippen molar-refractivity contribution in [3.8, 4) is 0 Å². The number of rotatable bonds is 4. The average molecular weight is 372 g/mol. The van der Waals surface area contributed by atoms with Crippen molar-refractivity contribution in [2.45, 2.75) is 38.8 Å². The predicted octanol–water partition coefficient (Wildman–Crippen LogP) is 5.02. The average Bonchev–Trinajstić information content (AvgIpc) is 3.16. The minimum Gasteiger partial charge on any atom is -0.301 e. The molecule has 0 aliphatic heterocycles. The molecule has 1 unspecified atom stereocenters. The molecule has 1 aliphatic carbocycles. The van der Waals surface area contributed by atoms with Crippen LogP contribution in [0.15, 0.2) is 22.7 Å². The second-order valence-corrected chi connectivity index (χ2v) is 7.79. The smallest absolute Gasteiger partial charge is 0.115 e. The topological polar surface area (TPSA) is 24.9 Å². The first kappa shape index (κ1) is 14.5. The van der Waals surface area contributed by atoms with Crippen molar-refractivity contribution in [3.05, 3.63) is 48.8 Å². The van der Waals surface area contributed by atoms with Crippen molar-refractivity contribution in [1.29, 1.82) is 0 Å². The largest absolute Gasteiger partial charge is 0.301 e. The van der Waals surface area contributed by atoms with Crippen LogP contribution in [0.25, 0.3) is 0 Å². The highest BCUT2D eigenvalue weighted by Gasteiger charge is 2.29. The van der Waals surface area contributed by atoms with Crippen LogP contribution in [0.5, 0.6) is 0 Å². The van der Waals surface area contributed by atoms with E-state index in [9.17, 15) is 0 Å². The third kappa shape index (κ3) is 3.08. The van der Waals surface area contributed by atoms with Crippen molar-refractivity contribution in [2.75, 3.05) is 0 Å². The van der Waals surface area contributed by atoms with Gasteiger partial charge in [-0.25, -0.2) is 4.98 Å². The second kappa shape index (κ2) is 5.76. The molecule has 2 nitrogen and oxygen atoms in total. The maximum Gasteiger partial charge on any atom is 0.115 e. The SMILES string of the molecule is Cc1nc(C(NC2CC2)c2cc(Br)ccc2Cl)sc1C. The van der Waals surface area contributed by atoms with E-state index in [-0.39, 0.29) is 6.04 Å². The van der Waals surface area contributed by atoms with E-state index in [0.29, 0.717) is 6.04 Å². The van der Waals surface area contributed by atoms with Gasteiger partial charge in [0.15, 0.2) is 0 Å². The van der Waals surface area contributed by atoms with Gasteiger partial charge in [0.05, 0.1) is 11.7 Å². The summed E-state index contributed by atoms with van der Waals surface area (Å²) in [6.07, 6.45) is 2.48. The monoisotopic (exact) mass is 370 g/mol. The van der Waals surface area contributed by atoms with Crippen molar-refractivity contribution >= 4 is 38.9 Å². The van der Waals surface area contributed by atoms with Gasteiger partial charge in [0, 0.05) is 20.4 Å². The fourth-order valence-corrected chi connectivity index (χ4v) is 3.74. The Morgan fingerprint density at radius 2 is 2.15 bits per heavy atom. The number of thiazole rings is 1. The molecule has 1 aliphatic rings. The lowest BCUT2D eigenvalue weighted by Crippen LogP contribution is -2.24. The zero-order valence-corrected chi connectivity index (χ0v) is 14.6. The maximum absolute atomic E-state index is 6.41. The highest BCUT2D eigenvalue weighted by molar-refractivity contribution is 9.10. The predicted molar refractivity (Wildman–Crippen MR) is 88.7 cm³/mol. The molecule has 1 heterocycles. The molecule has 3 rings (SSSR count). The highest BCUT2D eigenvalue weighted by Crippen LogP contribution is 2.36. The number of hydrogen-bond acceptors (Lipinski definition) is 3. The van der Waals surface area contributed by atoms with Crippen LogP contribution in [0.1, 0.15) is 40.0 Å². The van der Waals surface area contributed by atoms with E-state index >= 15 is 0 Å². The lowest BCUT2D eigenvalue weighted by molar-refractivity contribution is 0.597. The van der Waals surface area contributed by atoms with Crippen molar-refractivity contribution in [3.63, 3.8) is 0 Å². The molecule has 1 saturated carbocycles. The number of nitrogens with one attached hydrogen (secondary N) is 1. The van der Waals surface area contributed by atoms with Gasteiger partial charge in [-0.3, -0.25) is 0 Å². The molecule has 0 bridgehead atoms. The Morgan fingerprint density at radius 3 is 2.75 bits per heavy atom. The van der Waals surface area contributed by atoms with Gasteiger partial charge in [-0.2, -0.15) is 0 Å². The first-order valence-corrected chi connectivity index (χ1v) is 8.68. The molecule has 1 aromatic carbocycles. The minimum absolute atomic E-state index is 0.0879. The fourth-order valence-electron chi connectivity index (χ4n) is 2.14. The van der Waals surface area contributed by atoms with E-state index in [1.807, 2.05) is 12.1 Å². The van der Waals surface area contributed by atoms with Gasteiger partial charge in [-0.05, 0) is 50.5 Å². The third-order valence-electron chi connectivity index (χ3n) is 3.54. The first-order chi connectivity index (χ1) is 9.54. The van der Waals surface area contributed by atoms with Gasteiger partial charge in [0.1, 0.15) is 5.01 Å². The van der Waals surface area contributed by atoms with Crippen LogP contribution in [-0.4, -0.2) is 11.0 Å². The van der Waals surface area contributed by atoms with Gasteiger partial charge in [-0.15, -0.1) is 11.3 Å². The van der Waals surface area contributed by atoms with Crippen LogP contribution in [0, 0.1) is 13.8 Å². The molecule has 0 amide bonds. The number of aryl methyl sites for hydroxylation is 2. The molecule has 0 saturated heterocycles. The summed E-state index contributed by atoms with van der Waals surface area (Å²) in [5, 5.41) is 5.57. The summed E-state index contributed by atoms with van der Waals surface area (Å²) in [6.45, 7) is 4.18. The van der Waals surface area contributed by atoms with Crippen LogP contribution >= 0.6 is 38.9 Å². The molecular formula is C15H16BrClN2S. The molecular weight excluding hydrogens is 356 g/mol. The van der Waals surface area contributed by atoms with E-state index in [1.54, 1.807) is 11.3 Å². The number of nitrogens with zero attached hydrogens (tertiary/aromatic N) is 1. The van der Waals surface area contributed by atoms with E-state index in [0.717, 1.165) is 25.8 Å². The Kier molecular flexibility index (Phi) is 4.18. The van der Waals surface area contributed by atoms with Gasteiger partial charge in [0.2, 0.25) is 0 Å². The Labute approximate surface area is 136 Å². The third-order valence-corrected chi connectivity index (χ3v) is 5.52. The van der Waals surface area contributed by atoms with Gasteiger partial charge >= 0.3 is 0 Å². The molecule has 20 heavy (non-hydrogen) atoms. The van der Waals surface area contributed by atoms with Gasteiger partial charge < -0.3 is 5.32 Å². The van der Waals surface area contributed by atoms with E-state index in [2.05, 4.69) is 41.2 Å². The maximum atomic E-state index is 6.41. The zero-order chi connectivity index (χ0) is 14.3. The quantitative estimate of drug-likeness (QED) is 0.816. The standard InChI is InChI=1S/C15H16BrClN2S/c1-8-9(2)20-15(18-8)14(19-11-4-5-11)12-7-10(16)3-6-13(12)17/h3,6-7,11,14,19H,4-5H2,1-2H3. The molecule has 2 aromatic rings. The van der Waals surface area contributed by atoms with Crippen LogP contribution < -0.4 is 5.32 Å². The summed E-state index contributed by atoms with van der Waals surface area (Å²) < 4.78 is 1.05. The Balaban J connectivity index is 2.02. The minimum atomic E-state index is 0.0879. The molecule has 1 aromatic heterocycles. The Hall–Kier alpha value is -0.420. The summed E-state index contributed by atoms with van der Waals surface area (Å²) in [6, 6.07) is 6.69. The van der Waals surface area contributed by atoms with Crippen LogP contribution in [-0.2, 0) is 0 Å². The Morgan fingerprint density at radius 1 is 1.40 bits per heavy atom. The van der Waals surface area contributed by atoms with Crippen LogP contribution in [0.3, 0.4) is 0 Å². The van der Waals surface area contributed by atoms with Gasteiger partial charge in [-0.1, -0.05) is 27.5 Å². The molecule has 106 valence electrons.